The Kier molecular flexibility index (Phi) is 5.22. The van der Waals surface area contributed by atoms with E-state index in [2.05, 4.69) is 0 Å². The van der Waals surface area contributed by atoms with Gasteiger partial charge >= 0.3 is 0 Å². The molecule has 0 aliphatic heterocycles. The van der Waals surface area contributed by atoms with Crippen LogP contribution < -0.4 is 0 Å². The molecule has 1 amide bonds. The molecule has 0 saturated carbocycles. The largest absolute Gasteiger partial charge is 0.342 e. The molecule has 2 nitrogen and oxygen atoms in total. The molecule has 1 unspecified atom stereocenters. The fourth-order valence-electron chi connectivity index (χ4n) is 1.54. The molecule has 1 aromatic rings. The number of likely N-dealkylation sites (N-methyl/N-ethyl adjacent to an activating group) is 1. The molecule has 17 heavy (non-hydrogen) atoms. The van der Waals surface area contributed by atoms with Gasteiger partial charge in [0.2, 0.25) is 5.91 Å². The van der Waals surface area contributed by atoms with Crippen LogP contribution in [0.25, 0.3) is 0 Å². The van der Waals surface area contributed by atoms with Crippen molar-refractivity contribution in [1.82, 2.24) is 4.90 Å². The van der Waals surface area contributed by atoms with Gasteiger partial charge in [-0.1, -0.05) is 17.7 Å². The Morgan fingerprint density at radius 1 is 1.41 bits per heavy atom. The molecule has 1 aromatic carbocycles. The van der Waals surface area contributed by atoms with Crippen LogP contribution in [0.15, 0.2) is 18.2 Å². The van der Waals surface area contributed by atoms with Gasteiger partial charge < -0.3 is 4.90 Å². The van der Waals surface area contributed by atoms with Gasteiger partial charge in [0.05, 0.1) is 0 Å². The average molecular weight is 278 g/mol. The lowest BCUT2D eigenvalue weighted by Gasteiger charge is -2.22. The Morgan fingerprint density at radius 2 is 2.00 bits per heavy atom. The number of carbonyl (C=O) groups excluding carboxylic acids is 1. The van der Waals surface area contributed by atoms with Crippen LogP contribution in [0.5, 0.6) is 0 Å². The van der Waals surface area contributed by atoms with Gasteiger partial charge in [-0.15, -0.1) is 11.6 Å². The molecule has 0 heterocycles. The van der Waals surface area contributed by atoms with Crippen LogP contribution in [0.2, 0.25) is 5.02 Å². The van der Waals surface area contributed by atoms with Gasteiger partial charge in [0.1, 0.15) is 11.2 Å². The Morgan fingerprint density at radius 3 is 2.47 bits per heavy atom. The van der Waals surface area contributed by atoms with E-state index in [0.717, 1.165) is 6.07 Å². The van der Waals surface area contributed by atoms with Crippen LogP contribution in [0.1, 0.15) is 24.8 Å². The number of nitrogens with zero attached hydrogens (tertiary/aromatic N) is 1. The van der Waals surface area contributed by atoms with Crippen molar-refractivity contribution in [2.24, 2.45) is 0 Å². The first-order chi connectivity index (χ1) is 8.01. The quantitative estimate of drug-likeness (QED) is 0.770. The van der Waals surface area contributed by atoms with Gasteiger partial charge in [-0.05, 0) is 31.5 Å². The number of halogens is 3. The summed E-state index contributed by atoms with van der Waals surface area (Å²) >= 11 is 11.9. The van der Waals surface area contributed by atoms with E-state index >= 15 is 0 Å². The van der Waals surface area contributed by atoms with E-state index in [1.807, 2.05) is 13.8 Å². The van der Waals surface area contributed by atoms with E-state index in [0.29, 0.717) is 18.7 Å². The molecule has 1 atom stereocenters. The molecule has 0 fully saturated rings. The van der Waals surface area contributed by atoms with Gasteiger partial charge in [-0.2, -0.15) is 0 Å². The molecule has 0 aromatic heterocycles. The summed E-state index contributed by atoms with van der Waals surface area (Å²) in [6.45, 7) is 4.91. The lowest BCUT2D eigenvalue weighted by Crippen LogP contribution is -2.33. The smallest absolute Gasteiger partial charge is 0.245 e. The second-order valence-electron chi connectivity index (χ2n) is 3.54. The lowest BCUT2D eigenvalue weighted by molar-refractivity contribution is -0.130. The maximum atomic E-state index is 12.9. The lowest BCUT2D eigenvalue weighted by atomic mass is 10.1. The molecule has 0 radical (unpaired) electrons. The minimum atomic E-state index is -0.872. The van der Waals surface area contributed by atoms with Crippen molar-refractivity contribution in [1.29, 1.82) is 0 Å². The maximum Gasteiger partial charge on any atom is 0.245 e. The van der Waals surface area contributed by atoms with E-state index in [4.69, 9.17) is 23.2 Å². The molecular formula is C12H14Cl2FNO. The van der Waals surface area contributed by atoms with Crippen LogP contribution >= 0.6 is 23.2 Å². The third-order valence-corrected chi connectivity index (χ3v) is 3.28. The average Bonchev–Trinajstić information content (AvgIpc) is 2.29. The fourth-order valence-corrected chi connectivity index (χ4v) is 2.20. The monoisotopic (exact) mass is 277 g/mol. The number of hydrogen-bond acceptors (Lipinski definition) is 1. The predicted octanol–water partition coefficient (Wildman–Crippen LogP) is 3.63. The van der Waals surface area contributed by atoms with E-state index in [1.165, 1.54) is 12.1 Å². The molecule has 0 aliphatic rings. The summed E-state index contributed by atoms with van der Waals surface area (Å²) in [6, 6.07) is 3.84. The summed E-state index contributed by atoms with van der Waals surface area (Å²) < 4.78 is 12.9. The Bertz CT molecular complexity index is 407. The highest BCUT2D eigenvalue weighted by Crippen LogP contribution is 2.29. The van der Waals surface area contributed by atoms with E-state index < -0.39 is 11.2 Å². The van der Waals surface area contributed by atoms with E-state index in [-0.39, 0.29) is 10.9 Å². The number of hydrogen-bond donors (Lipinski definition) is 0. The Hall–Kier alpha value is -0.800. The van der Waals surface area contributed by atoms with Crippen molar-refractivity contribution in [3.05, 3.63) is 34.6 Å². The number of alkyl halides is 1. The molecule has 5 heteroatoms. The Balaban J connectivity index is 2.95. The summed E-state index contributed by atoms with van der Waals surface area (Å²) in [5.41, 5.74) is 0.437. The zero-order valence-electron chi connectivity index (χ0n) is 9.71. The molecule has 94 valence electrons. The zero-order valence-corrected chi connectivity index (χ0v) is 11.2. The topological polar surface area (TPSA) is 20.3 Å². The molecule has 0 N–H and O–H groups in total. The maximum absolute atomic E-state index is 12.9. The molecular weight excluding hydrogens is 264 g/mol. The SMILES string of the molecule is CCN(CC)C(=O)C(Cl)c1ccc(F)cc1Cl. The van der Waals surface area contributed by atoms with Crippen molar-refractivity contribution in [3.8, 4) is 0 Å². The van der Waals surface area contributed by atoms with E-state index in [9.17, 15) is 9.18 Å². The van der Waals surface area contributed by atoms with Gasteiger partial charge in [0.15, 0.2) is 0 Å². The van der Waals surface area contributed by atoms with Crippen LogP contribution in [0.4, 0.5) is 4.39 Å². The van der Waals surface area contributed by atoms with Crippen LogP contribution in [-0.2, 0) is 4.79 Å². The minimum Gasteiger partial charge on any atom is -0.342 e. The normalized spacial score (nSPS) is 12.3. The van der Waals surface area contributed by atoms with Crippen molar-refractivity contribution in [2.75, 3.05) is 13.1 Å². The second kappa shape index (κ2) is 6.22. The molecule has 0 spiro atoms. The highest BCUT2D eigenvalue weighted by molar-refractivity contribution is 6.35. The minimum absolute atomic E-state index is 0.172. The molecule has 1 rings (SSSR count). The summed E-state index contributed by atoms with van der Waals surface area (Å²) in [4.78, 5) is 13.6. The van der Waals surface area contributed by atoms with Crippen LogP contribution in [0.3, 0.4) is 0 Å². The number of carbonyl (C=O) groups is 1. The third-order valence-electron chi connectivity index (χ3n) is 2.53. The molecule has 0 saturated heterocycles. The highest BCUT2D eigenvalue weighted by atomic mass is 35.5. The summed E-state index contributed by atoms with van der Waals surface area (Å²) in [5.74, 6) is -0.664. The van der Waals surface area contributed by atoms with Crippen LogP contribution in [0, 0.1) is 5.82 Å². The van der Waals surface area contributed by atoms with Gasteiger partial charge in [-0.3, -0.25) is 4.79 Å². The Labute approximate surface area is 110 Å². The fraction of sp³-hybridized carbons (Fsp3) is 0.417. The molecule has 0 aliphatic carbocycles. The van der Waals surface area contributed by atoms with Gasteiger partial charge in [0, 0.05) is 18.1 Å². The van der Waals surface area contributed by atoms with Crippen molar-refractivity contribution in [2.45, 2.75) is 19.2 Å². The van der Waals surface area contributed by atoms with E-state index in [1.54, 1.807) is 4.90 Å². The number of amides is 1. The van der Waals surface area contributed by atoms with Gasteiger partial charge in [-0.25, -0.2) is 4.39 Å². The van der Waals surface area contributed by atoms with Crippen molar-refractivity contribution < 1.29 is 9.18 Å². The highest BCUT2D eigenvalue weighted by Gasteiger charge is 2.24. The van der Waals surface area contributed by atoms with Crippen molar-refractivity contribution in [3.63, 3.8) is 0 Å². The first-order valence-corrected chi connectivity index (χ1v) is 6.20. The first kappa shape index (κ1) is 14.3. The predicted molar refractivity (Wildman–Crippen MR) is 67.9 cm³/mol. The van der Waals surface area contributed by atoms with Gasteiger partial charge in [0.25, 0.3) is 0 Å². The third kappa shape index (κ3) is 3.33. The summed E-state index contributed by atoms with van der Waals surface area (Å²) in [7, 11) is 0. The van der Waals surface area contributed by atoms with Crippen molar-refractivity contribution >= 4 is 29.1 Å². The molecule has 0 bridgehead atoms. The summed E-state index contributed by atoms with van der Waals surface area (Å²) in [5, 5.41) is -0.700. The zero-order chi connectivity index (χ0) is 13.0. The van der Waals surface area contributed by atoms with Crippen LogP contribution in [-0.4, -0.2) is 23.9 Å². The summed E-state index contributed by atoms with van der Waals surface area (Å²) in [6.07, 6.45) is 0. The number of benzene rings is 1. The standard InChI is InChI=1S/C12H14Cl2FNO/c1-3-16(4-2)12(17)11(14)9-6-5-8(15)7-10(9)13/h5-7,11H,3-4H2,1-2H3. The number of rotatable bonds is 4. The first-order valence-electron chi connectivity index (χ1n) is 5.39. The second-order valence-corrected chi connectivity index (χ2v) is 4.38.